The number of carbonyl (C=O) groups excluding carboxylic acids is 1. The maximum Gasteiger partial charge on any atom is 0.255 e. The van der Waals surface area contributed by atoms with Gasteiger partial charge in [-0.05, 0) is 19.1 Å². The first-order valence-corrected chi connectivity index (χ1v) is 7.55. The van der Waals surface area contributed by atoms with Crippen LogP contribution in [0.4, 0.5) is 0 Å². The number of hydrogen-bond donors (Lipinski definition) is 0. The third-order valence-electron chi connectivity index (χ3n) is 3.69. The fraction of sp³-hybridized carbons (Fsp3) is 0.400. The first-order valence-electron chi connectivity index (χ1n) is 7.17. The Kier molecular flexibility index (Phi) is 4.40. The van der Waals surface area contributed by atoms with Crippen molar-refractivity contribution in [2.45, 2.75) is 13.5 Å². The molecule has 7 heteroatoms. The van der Waals surface area contributed by atoms with E-state index < -0.39 is 0 Å². The van der Waals surface area contributed by atoms with Gasteiger partial charge in [0.05, 0.1) is 17.8 Å². The van der Waals surface area contributed by atoms with Gasteiger partial charge in [0.15, 0.2) is 5.76 Å². The molecule has 0 spiro atoms. The van der Waals surface area contributed by atoms with Crippen molar-refractivity contribution >= 4 is 17.5 Å². The average Bonchev–Trinajstić information content (AvgIpc) is 2.93. The predicted molar refractivity (Wildman–Crippen MR) is 81.7 cm³/mol. The van der Waals surface area contributed by atoms with Gasteiger partial charge in [-0.2, -0.15) is 0 Å². The van der Waals surface area contributed by atoms with Crippen molar-refractivity contribution in [1.82, 2.24) is 19.9 Å². The van der Waals surface area contributed by atoms with Crippen molar-refractivity contribution in [3.63, 3.8) is 0 Å². The molecule has 0 bridgehead atoms. The van der Waals surface area contributed by atoms with E-state index in [4.69, 9.17) is 16.1 Å². The zero-order valence-electron chi connectivity index (χ0n) is 12.3. The van der Waals surface area contributed by atoms with Gasteiger partial charge in [-0.25, -0.2) is 4.98 Å². The van der Waals surface area contributed by atoms with Crippen LogP contribution in [0.2, 0.25) is 5.15 Å². The highest BCUT2D eigenvalue weighted by Crippen LogP contribution is 2.13. The first kappa shape index (κ1) is 15.0. The van der Waals surface area contributed by atoms with Crippen LogP contribution < -0.4 is 0 Å². The summed E-state index contributed by atoms with van der Waals surface area (Å²) in [6.45, 7) is 5.64. The van der Waals surface area contributed by atoms with Crippen LogP contribution in [0, 0.1) is 6.92 Å². The van der Waals surface area contributed by atoms with Gasteiger partial charge in [-0.3, -0.25) is 9.69 Å². The summed E-state index contributed by atoms with van der Waals surface area (Å²) in [4.78, 5) is 20.4. The van der Waals surface area contributed by atoms with E-state index >= 15 is 0 Å². The molecule has 3 rings (SSSR count). The number of nitrogens with zero attached hydrogens (tertiary/aromatic N) is 4. The highest BCUT2D eigenvalue weighted by atomic mass is 35.5. The molecule has 0 saturated carbocycles. The van der Waals surface area contributed by atoms with E-state index in [9.17, 15) is 4.79 Å². The quantitative estimate of drug-likeness (QED) is 0.809. The number of halogens is 1. The molecule has 3 heterocycles. The van der Waals surface area contributed by atoms with Gasteiger partial charge in [-0.15, -0.1) is 0 Å². The van der Waals surface area contributed by atoms with Gasteiger partial charge in [0.25, 0.3) is 5.91 Å². The van der Waals surface area contributed by atoms with Crippen LogP contribution in [-0.2, 0) is 6.54 Å². The zero-order valence-corrected chi connectivity index (χ0v) is 13.1. The summed E-state index contributed by atoms with van der Waals surface area (Å²) < 4.78 is 5.23. The van der Waals surface area contributed by atoms with Gasteiger partial charge in [-0.1, -0.05) is 16.8 Å². The standard InChI is InChI=1S/C15H17ClN4O2/c1-11-8-13(22-18-11)10-19-4-6-20(7-5-19)15(21)12-2-3-14(16)17-9-12/h2-3,8-9H,4-7,10H2,1H3. The van der Waals surface area contributed by atoms with Gasteiger partial charge < -0.3 is 9.42 Å². The average molecular weight is 321 g/mol. The summed E-state index contributed by atoms with van der Waals surface area (Å²) >= 11 is 5.74. The lowest BCUT2D eigenvalue weighted by atomic mass is 10.2. The van der Waals surface area contributed by atoms with Crippen molar-refractivity contribution < 1.29 is 9.32 Å². The van der Waals surface area contributed by atoms with Crippen molar-refractivity contribution in [2.75, 3.05) is 26.2 Å². The van der Waals surface area contributed by atoms with E-state index in [-0.39, 0.29) is 5.91 Å². The summed E-state index contributed by atoms with van der Waals surface area (Å²) in [5, 5.41) is 4.28. The Morgan fingerprint density at radius 1 is 1.32 bits per heavy atom. The second kappa shape index (κ2) is 6.46. The van der Waals surface area contributed by atoms with Gasteiger partial charge in [0.1, 0.15) is 5.15 Å². The Balaban J connectivity index is 1.55. The van der Waals surface area contributed by atoms with Crippen molar-refractivity contribution in [2.24, 2.45) is 0 Å². The molecule has 1 amide bonds. The summed E-state index contributed by atoms with van der Waals surface area (Å²) in [6.07, 6.45) is 1.52. The summed E-state index contributed by atoms with van der Waals surface area (Å²) in [7, 11) is 0. The van der Waals surface area contributed by atoms with Crippen LogP contribution in [0.5, 0.6) is 0 Å². The molecule has 1 fully saturated rings. The van der Waals surface area contributed by atoms with Gasteiger partial charge in [0, 0.05) is 38.4 Å². The fourth-order valence-corrected chi connectivity index (χ4v) is 2.62. The molecular weight excluding hydrogens is 304 g/mol. The number of carbonyl (C=O) groups is 1. The van der Waals surface area contributed by atoms with E-state index in [2.05, 4.69) is 15.0 Å². The number of piperazine rings is 1. The SMILES string of the molecule is Cc1cc(CN2CCN(C(=O)c3ccc(Cl)nc3)CC2)on1. The highest BCUT2D eigenvalue weighted by Gasteiger charge is 2.23. The van der Waals surface area contributed by atoms with Crippen LogP contribution in [0.1, 0.15) is 21.8 Å². The van der Waals surface area contributed by atoms with Crippen LogP contribution in [0.25, 0.3) is 0 Å². The van der Waals surface area contributed by atoms with Crippen molar-refractivity contribution in [3.05, 3.63) is 46.6 Å². The molecule has 0 aliphatic carbocycles. The Labute approximate surface area is 133 Å². The first-order chi connectivity index (χ1) is 10.6. The van der Waals surface area contributed by atoms with E-state index in [0.29, 0.717) is 23.8 Å². The van der Waals surface area contributed by atoms with Crippen molar-refractivity contribution in [1.29, 1.82) is 0 Å². The lowest BCUT2D eigenvalue weighted by Crippen LogP contribution is -2.48. The minimum atomic E-state index is -0.000624. The molecule has 6 nitrogen and oxygen atoms in total. The number of pyridine rings is 1. The number of rotatable bonds is 3. The molecule has 0 atom stereocenters. The smallest absolute Gasteiger partial charge is 0.255 e. The van der Waals surface area contributed by atoms with Crippen molar-refractivity contribution in [3.8, 4) is 0 Å². The lowest BCUT2D eigenvalue weighted by Gasteiger charge is -2.34. The zero-order chi connectivity index (χ0) is 15.5. The number of amides is 1. The molecule has 1 aliphatic heterocycles. The minimum absolute atomic E-state index is 0.000624. The fourth-order valence-electron chi connectivity index (χ4n) is 2.51. The van der Waals surface area contributed by atoms with Crippen LogP contribution >= 0.6 is 11.6 Å². The van der Waals surface area contributed by atoms with Gasteiger partial charge >= 0.3 is 0 Å². The maximum absolute atomic E-state index is 12.4. The molecule has 22 heavy (non-hydrogen) atoms. The Morgan fingerprint density at radius 3 is 2.68 bits per heavy atom. The van der Waals surface area contributed by atoms with E-state index in [0.717, 1.165) is 31.1 Å². The highest BCUT2D eigenvalue weighted by molar-refractivity contribution is 6.29. The Morgan fingerprint density at radius 2 is 2.09 bits per heavy atom. The third kappa shape index (κ3) is 3.45. The summed E-state index contributed by atoms with van der Waals surface area (Å²) in [5.74, 6) is 0.860. The number of hydrogen-bond acceptors (Lipinski definition) is 5. The minimum Gasteiger partial charge on any atom is -0.360 e. The Hall–Kier alpha value is -1.92. The molecule has 0 unspecified atom stereocenters. The van der Waals surface area contributed by atoms with Gasteiger partial charge in [0.2, 0.25) is 0 Å². The molecule has 1 saturated heterocycles. The van der Waals surface area contributed by atoms with Crippen LogP contribution in [0.3, 0.4) is 0 Å². The third-order valence-corrected chi connectivity index (χ3v) is 3.91. The van der Waals surface area contributed by atoms with E-state index in [1.165, 1.54) is 6.20 Å². The molecule has 116 valence electrons. The largest absolute Gasteiger partial charge is 0.360 e. The molecule has 1 aliphatic rings. The molecule has 0 radical (unpaired) electrons. The lowest BCUT2D eigenvalue weighted by molar-refractivity contribution is 0.0617. The van der Waals surface area contributed by atoms with E-state index in [1.807, 2.05) is 17.9 Å². The monoisotopic (exact) mass is 320 g/mol. The maximum atomic E-state index is 12.4. The molecule has 0 N–H and O–H groups in total. The topological polar surface area (TPSA) is 62.5 Å². The van der Waals surface area contributed by atoms with Crippen LogP contribution in [0.15, 0.2) is 28.9 Å². The second-order valence-corrected chi connectivity index (χ2v) is 5.76. The predicted octanol–water partition coefficient (Wildman–Crippen LogP) is 1.99. The number of aryl methyl sites for hydroxylation is 1. The summed E-state index contributed by atoms with van der Waals surface area (Å²) in [5.41, 5.74) is 1.46. The normalized spacial score (nSPS) is 16.0. The molecule has 2 aromatic rings. The molecular formula is C15H17ClN4O2. The van der Waals surface area contributed by atoms with Crippen LogP contribution in [-0.4, -0.2) is 52.0 Å². The molecule has 2 aromatic heterocycles. The number of aromatic nitrogens is 2. The summed E-state index contributed by atoms with van der Waals surface area (Å²) in [6, 6.07) is 5.29. The second-order valence-electron chi connectivity index (χ2n) is 5.37. The Bertz CT molecular complexity index is 648. The molecule has 0 aromatic carbocycles. The van der Waals surface area contributed by atoms with E-state index in [1.54, 1.807) is 12.1 Å².